The van der Waals surface area contributed by atoms with E-state index in [1.165, 1.54) is 30.3 Å². The smallest absolute Gasteiger partial charge is 0.258 e. The lowest BCUT2D eigenvalue weighted by Crippen LogP contribution is -2.13. The second kappa shape index (κ2) is 7.57. The Balaban J connectivity index is 1.59. The van der Waals surface area contributed by atoms with Crippen LogP contribution in [-0.2, 0) is 6.54 Å². The van der Waals surface area contributed by atoms with Crippen molar-refractivity contribution in [1.29, 1.82) is 0 Å². The Morgan fingerprint density at radius 1 is 0.800 bits per heavy atom. The molecule has 0 bridgehead atoms. The van der Waals surface area contributed by atoms with Crippen LogP contribution < -0.4 is 10.6 Å². The van der Waals surface area contributed by atoms with E-state index in [0.717, 1.165) is 11.3 Å². The third-order valence-corrected chi connectivity index (χ3v) is 3.67. The molecule has 0 saturated carbocycles. The Bertz CT molecular complexity index is 862. The molecular formula is C20H16F2N2O. The maximum absolute atomic E-state index is 13.6. The van der Waals surface area contributed by atoms with E-state index in [1.807, 2.05) is 0 Å². The summed E-state index contributed by atoms with van der Waals surface area (Å²) in [4.78, 5) is 12.1. The highest BCUT2D eigenvalue weighted by atomic mass is 19.1. The van der Waals surface area contributed by atoms with Gasteiger partial charge in [-0.1, -0.05) is 24.3 Å². The number of amides is 1. The molecule has 0 unspecified atom stereocenters. The molecule has 0 saturated heterocycles. The third kappa shape index (κ3) is 4.41. The quantitative estimate of drug-likeness (QED) is 0.700. The van der Waals surface area contributed by atoms with E-state index in [2.05, 4.69) is 10.6 Å². The van der Waals surface area contributed by atoms with Crippen molar-refractivity contribution in [2.24, 2.45) is 0 Å². The average molecular weight is 338 g/mol. The second-order valence-corrected chi connectivity index (χ2v) is 5.49. The standard InChI is InChI=1S/C20H16F2N2O/c21-15-7-5-14(6-8-15)13-23-16-9-11-17(12-10-16)24-20(25)18-3-1-2-4-19(18)22/h1-12,23H,13H2,(H,24,25). The fourth-order valence-corrected chi connectivity index (χ4v) is 2.32. The minimum atomic E-state index is -0.558. The highest BCUT2D eigenvalue weighted by Crippen LogP contribution is 2.16. The van der Waals surface area contributed by atoms with Crippen molar-refractivity contribution in [2.45, 2.75) is 6.54 Å². The fraction of sp³-hybridized carbons (Fsp3) is 0.0500. The summed E-state index contributed by atoms with van der Waals surface area (Å²) >= 11 is 0. The largest absolute Gasteiger partial charge is 0.381 e. The Morgan fingerprint density at radius 3 is 2.12 bits per heavy atom. The Hall–Kier alpha value is -3.21. The van der Waals surface area contributed by atoms with Crippen LogP contribution in [0.3, 0.4) is 0 Å². The van der Waals surface area contributed by atoms with Crippen molar-refractivity contribution >= 4 is 17.3 Å². The van der Waals surface area contributed by atoms with Gasteiger partial charge >= 0.3 is 0 Å². The van der Waals surface area contributed by atoms with E-state index in [4.69, 9.17) is 0 Å². The van der Waals surface area contributed by atoms with E-state index >= 15 is 0 Å². The normalized spacial score (nSPS) is 10.3. The van der Waals surface area contributed by atoms with Gasteiger partial charge in [-0.2, -0.15) is 0 Å². The third-order valence-electron chi connectivity index (χ3n) is 3.67. The Morgan fingerprint density at radius 2 is 1.44 bits per heavy atom. The van der Waals surface area contributed by atoms with Crippen molar-refractivity contribution < 1.29 is 13.6 Å². The monoisotopic (exact) mass is 338 g/mol. The van der Waals surface area contributed by atoms with Crippen LogP contribution in [0.2, 0.25) is 0 Å². The summed E-state index contributed by atoms with van der Waals surface area (Å²) in [5.41, 5.74) is 2.38. The van der Waals surface area contributed by atoms with Crippen LogP contribution in [0.4, 0.5) is 20.2 Å². The van der Waals surface area contributed by atoms with Gasteiger partial charge in [-0.05, 0) is 54.1 Å². The van der Waals surface area contributed by atoms with E-state index < -0.39 is 11.7 Å². The number of hydrogen-bond acceptors (Lipinski definition) is 2. The first kappa shape index (κ1) is 16.6. The number of benzene rings is 3. The summed E-state index contributed by atoms with van der Waals surface area (Å²) in [6, 6.07) is 19.2. The molecule has 5 heteroatoms. The van der Waals surface area contributed by atoms with Crippen molar-refractivity contribution in [2.75, 3.05) is 10.6 Å². The molecule has 2 N–H and O–H groups in total. The van der Waals surface area contributed by atoms with E-state index in [1.54, 1.807) is 42.5 Å². The van der Waals surface area contributed by atoms with E-state index in [-0.39, 0.29) is 11.4 Å². The predicted octanol–water partition coefficient (Wildman–Crippen LogP) is 4.83. The SMILES string of the molecule is O=C(Nc1ccc(NCc2ccc(F)cc2)cc1)c1ccccc1F. The molecule has 3 aromatic carbocycles. The molecule has 0 fully saturated rings. The number of nitrogens with one attached hydrogen (secondary N) is 2. The summed E-state index contributed by atoms with van der Waals surface area (Å²) in [6.45, 7) is 0.557. The molecule has 3 rings (SSSR count). The van der Waals surface area contributed by atoms with Crippen LogP contribution in [0.25, 0.3) is 0 Å². The average Bonchev–Trinajstić information content (AvgIpc) is 2.63. The molecule has 3 aromatic rings. The first-order valence-corrected chi connectivity index (χ1v) is 7.76. The van der Waals surface area contributed by atoms with Crippen LogP contribution >= 0.6 is 0 Å². The van der Waals surface area contributed by atoms with Crippen LogP contribution in [0.1, 0.15) is 15.9 Å². The minimum absolute atomic E-state index is 0.000936. The summed E-state index contributed by atoms with van der Waals surface area (Å²) in [5, 5.41) is 5.86. The van der Waals surface area contributed by atoms with Crippen molar-refractivity contribution in [3.05, 3.63) is 95.6 Å². The highest BCUT2D eigenvalue weighted by Gasteiger charge is 2.10. The van der Waals surface area contributed by atoms with Gasteiger partial charge in [0.2, 0.25) is 0 Å². The van der Waals surface area contributed by atoms with Crippen molar-refractivity contribution in [3.8, 4) is 0 Å². The molecule has 0 aromatic heterocycles. The Labute approximate surface area is 144 Å². The predicted molar refractivity (Wildman–Crippen MR) is 94.5 cm³/mol. The zero-order chi connectivity index (χ0) is 17.6. The van der Waals surface area contributed by atoms with Crippen molar-refractivity contribution in [3.63, 3.8) is 0 Å². The molecular weight excluding hydrogens is 322 g/mol. The molecule has 3 nitrogen and oxygen atoms in total. The maximum atomic E-state index is 13.6. The van der Waals surface area contributed by atoms with Gasteiger partial charge < -0.3 is 10.6 Å². The van der Waals surface area contributed by atoms with Crippen LogP contribution in [0, 0.1) is 11.6 Å². The van der Waals surface area contributed by atoms with Gasteiger partial charge in [-0.25, -0.2) is 8.78 Å². The van der Waals surface area contributed by atoms with Crippen LogP contribution in [0.15, 0.2) is 72.8 Å². The number of rotatable bonds is 5. The Kier molecular flexibility index (Phi) is 5.04. The zero-order valence-corrected chi connectivity index (χ0v) is 13.3. The molecule has 0 aliphatic heterocycles. The van der Waals surface area contributed by atoms with Gasteiger partial charge in [0.15, 0.2) is 0 Å². The molecule has 0 aliphatic rings. The van der Waals surface area contributed by atoms with Gasteiger partial charge in [0.05, 0.1) is 5.56 Å². The lowest BCUT2D eigenvalue weighted by atomic mass is 10.2. The van der Waals surface area contributed by atoms with E-state index in [9.17, 15) is 13.6 Å². The van der Waals surface area contributed by atoms with E-state index in [0.29, 0.717) is 12.2 Å². The molecule has 0 radical (unpaired) electrons. The number of halogens is 2. The summed E-state index contributed by atoms with van der Waals surface area (Å²) < 4.78 is 26.5. The molecule has 0 atom stereocenters. The number of carbonyl (C=O) groups is 1. The second-order valence-electron chi connectivity index (χ2n) is 5.49. The molecule has 25 heavy (non-hydrogen) atoms. The number of anilines is 2. The molecule has 0 aliphatic carbocycles. The number of hydrogen-bond donors (Lipinski definition) is 2. The first-order valence-electron chi connectivity index (χ1n) is 7.76. The van der Waals surface area contributed by atoms with Gasteiger partial charge in [0.25, 0.3) is 5.91 Å². The number of carbonyl (C=O) groups excluding carboxylic acids is 1. The van der Waals surface area contributed by atoms with Crippen LogP contribution in [-0.4, -0.2) is 5.91 Å². The zero-order valence-electron chi connectivity index (χ0n) is 13.3. The fourth-order valence-electron chi connectivity index (χ4n) is 2.32. The lowest BCUT2D eigenvalue weighted by molar-refractivity contribution is 0.102. The summed E-state index contributed by atoms with van der Waals surface area (Å²) in [5.74, 6) is -1.32. The highest BCUT2D eigenvalue weighted by molar-refractivity contribution is 6.04. The van der Waals surface area contributed by atoms with Gasteiger partial charge in [0, 0.05) is 17.9 Å². The first-order chi connectivity index (χ1) is 12.1. The summed E-state index contributed by atoms with van der Waals surface area (Å²) in [6.07, 6.45) is 0. The minimum Gasteiger partial charge on any atom is -0.381 e. The lowest BCUT2D eigenvalue weighted by Gasteiger charge is -2.09. The maximum Gasteiger partial charge on any atom is 0.258 e. The molecule has 0 spiro atoms. The van der Waals surface area contributed by atoms with Crippen molar-refractivity contribution in [1.82, 2.24) is 0 Å². The van der Waals surface area contributed by atoms with Gasteiger partial charge in [-0.15, -0.1) is 0 Å². The van der Waals surface area contributed by atoms with Crippen LogP contribution in [0.5, 0.6) is 0 Å². The van der Waals surface area contributed by atoms with Gasteiger partial charge in [0.1, 0.15) is 11.6 Å². The summed E-state index contributed by atoms with van der Waals surface area (Å²) in [7, 11) is 0. The molecule has 0 heterocycles. The molecule has 126 valence electrons. The molecule has 1 amide bonds. The van der Waals surface area contributed by atoms with Gasteiger partial charge in [-0.3, -0.25) is 4.79 Å². The topological polar surface area (TPSA) is 41.1 Å².